The number of carbonyl (C=O) groups is 2. The zero-order chi connectivity index (χ0) is 36.5. The van der Waals surface area contributed by atoms with E-state index in [1.165, 1.54) is 89.9 Å². The third kappa shape index (κ3) is 21.2. The standard InChI is InChI=1S/C42H70N4O4/c1-7-9-11-13-15-17-19-21-33-49-39-27-23-37(24-28-39)43-41(47)35-45(3,4)31-32-46(5,6)36-42(48)44-38-25-29-40(30-26-38)50-34-22-20-18-16-14-12-10-8-2/h23-30H,7-22,31-36H2,1-6H3/p+2. The van der Waals surface area contributed by atoms with E-state index >= 15 is 0 Å². The van der Waals surface area contributed by atoms with Gasteiger partial charge >= 0.3 is 0 Å². The first kappa shape index (κ1) is 43.1. The summed E-state index contributed by atoms with van der Waals surface area (Å²) in [5.74, 6) is 1.61. The van der Waals surface area contributed by atoms with Crippen LogP contribution in [0.15, 0.2) is 48.5 Å². The fraction of sp³-hybridized carbons (Fsp3) is 0.667. The molecule has 0 fully saturated rings. The number of unbranched alkanes of at least 4 members (excludes halogenated alkanes) is 14. The zero-order valence-corrected chi connectivity index (χ0v) is 32.7. The van der Waals surface area contributed by atoms with Gasteiger partial charge in [-0.1, -0.05) is 104 Å². The summed E-state index contributed by atoms with van der Waals surface area (Å²) in [6.07, 6.45) is 20.5. The first-order chi connectivity index (χ1) is 24.0. The van der Waals surface area contributed by atoms with Crippen LogP contribution in [0.3, 0.4) is 0 Å². The Hall–Kier alpha value is -3.10. The molecule has 50 heavy (non-hydrogen) atoms. The van der Waals surface area contributed by atoms with Crippen molar-refractivity contribution in [3.05, 3.63) is 48.5 Å². The molecule has 0 heterocycles. The van der Waals surface area contributed by atoms with Crippen molar-refractivity contribution in [1.29, 1.82) is 0 Å². The molecule has 0 bridgehead atoms. The van der Waals surface area contributed by atoms with Gasteiger partial charge in [0.05, 0.1) is 41.4 Å². The highest BCUT2D eigenvalue weighted by Gasteiger charge is 2.27. The molecule has 2 amide bonds. The Kier molecular flexibility index (Phi) is 21.5. The molecule has 0 atom stereocenters. The van der Waals surface area contributed by atoms with Gasteiger partial charge in [0.1, 0.15) is 24.6 Å². The van der Waals surface area contributed by atoms with Crippen molar-refractivity contribution in [3.8, 4) is 11.5 Å². The van der Waals surface area contributed by atoms with E-state index in [0.29, 0.717) is 22.1 Å². The van der Waals surface area contributed by atoms with Gasteiger partial charge in [-0.15, -0.1) is 0 Å². The summed E-state index contributed by atoms with van der Waals surface area (Å²) in [4.78, 5) is 25.8. The molecule has 0 saturated carbocycles. The van der Waals surface area contributed by atoms with Crippen molar-refractivity contribution >= 4 is 23.2 Å². The molecular weight excluding hydrogens is 624 g/mol. The van der Waals surface area contributed by atoms with Crippen LogP contribution in [-0.4, -0.2) is 88.4 Å². The van der Waals surface area contributed by atoms with Gasteiger partial charge in [0.25, 0.3) is 11.8 Å². The third-order valence-electron chi connectivity index (χ3n) is 9.26. The minimum atomic E-state index is -0.0316. The molecule has 8 heteroatoms. The minimum absolute atomic E-state index is 0.0316. The SMILES string of the molecule is CCCCCCCCCCOc1ccc(NC(=O)C[N+](C)(C)CC[N+](C)(C)CC(=O)Nc2ccc(OCCCCCCCCCC)cc2)cc1. The van der Waals surface area contributed by atoms with Crippen molar-refractivity contribution in [3.63, 3.8) is 0 Å². The molecule has 2 rings (SSSR count). The van der Waals surface area contributed by atoms with Crippen LogP contribution in [0, 0.1) is 0 Å². The number of hydrogen-bond acceptors (Lipinski definition) is 4. The second-order valence-electron chi connectivity index (χ2n) is 15.4. The summed E-state index contributed by atoms with van der Waals surface area (Å²) in [7, 11) is 8.22. The van der Waals surface area contributed by atoms with Gasteiger partial charge in [0.15, 0.2) is 13.1 Å². The summed E-state index contributed by atoms with van der Waals surface area (Å²) in [6.45, 7) is 8.15. The van der Waals surface area contributed by atoms with E-state index in [-0.39, 0.29) is 11.8 Å². The van der Waals surface area contributed by atoms with E-state index in [0.717, 1.165) is 62.0 Å². The molecule has 282 valence electrons. The van der Waals surface area contributed by atoms with Gasteiger partial charge in [-0.2, -0.15) is 0 Å². The maximum Gasteiger partial charge on any atom is 0.279 e. The predicted octanol–water partition coefficient (Wildman–Crippen LogP) is 9.46. The molecule has 2 aromatic carbocycles. The van der Waals surface area contributed by atoms with Crippen molar-refractivity contribution in [1.82, 2.24) is 0 Å². The average molecular weight is 697 g/mol. The maximum atomic E-state index is 12.9. The number of nitrogens with zero attached hydrogens (tertiary/aromatic N) is 2. The van der Waals surface area contributed by atoms with Crippen LogP contribution in [0.1, 0.15) is 117 Å². The second-order valence-corrected chi connectivity index (χ2v) is 15.4. The topological polar surface area (TPSA) is 76.7 Å². The molecule has 0 aliphatic carbocycles. The summed E-state index contributed by atoms with van der Waals surface area (Å²) in [5, 5.41) is 6.06. The number of likely N-dealkylation sites (N-methyl/N-ethyl adjacent to an activating group) is 2. The lowest BCUT2D eigenvalue weighted by molar-refractivity contribution is -0.938. The Bertz CT molecular complexity index is 1090. The average Bonchev–Trinajstić information content (AvgIpc) is 3.07. The van der Waals surface area contributed by atoms with Gasteiger partial charge in [-0.3, -0.25) is 9.59 Å². The molecule has 8 nitrogen and oxygen atoms in total. The van der Waals surface area contributed by atoms with Crippen molar-refractivity contribution in [2.24, 2.45) is 0 Å². The first-order valence-electron chi connectivity index (χ1n) is 19.7. The Morgan fingerprint density at radius 1 is 0.480 bits per heavy atom. The molecule has 0 spiro atoms. The smallest absolute Gasteiger partial charge is 0.279 e. The molecule has 2 aromatic rings. The van der Waals surface area contributed by atoms with Crippen LogP contribution in [0.4, 0.5) is 11.4 Å². The normalized spacial score (nSPS) is 11.7. The van der Waals surface area contributed by atoms with Crippen LogP contribution in [0.2, 0.25) is 0 Å². The predicted molar refractivity (Wildman–Crippen MR) is 210 cm³/mol. The highest BCUT2D eigenvalue weighted by molar-refractivity contribution is 5.92. The van der Waals surface area contributed by atoms with E-state index in [9.17, 15) is 9.59 Å². The molecule has 0 unspecified atom stereocenters. The molecule has 0 saturated heterocycles. The number of nitrogens with one attached hydrogen (secondary N) is 2. The number of rotatable bonds is 29. The monoisotopic (exact) mass is 697 g/mol. The quantitative estimate of drug-likeness (QED) is 0.0657. The second kappa shape index (κ2) is 25.0. The minimum Gasteiger partial charge on any atom is -0.494 e. The van der Waals surface area contributed by atoms with Crippen molar-refractivity contribution < 1.29 is 28.0 Å². The van der Waals surface area contributed by atoms with Crippen LogP contribution in [0.5, 0.6) is 11.5 Å². The van der Waals surface area contributed by atoms with E-state index in [4.69, 9.17) is 9.47 Å². The van der Waals surface area contributed by atoms with Crippen LogP contribution in [-0.2, 0) is 9.59 Å². The van der Waals surface area contributed by atoms with Crippen LogP contribution < -0.4 is 20.1 Å². The fourth-order valence-corrected chi connectivity index (χ4v) is 6.00. The Labute approximate surface area is 305 Å². The number of carbonyl (C=O) groups excluding carboxylic acids is 2. The van der Waals surface area contributed by atoms with E-state index in [1.54, 1.807) is 0 Å². The lowest BCUT2D eigenvalue weighted by atomic mass is 10.1. The number of benzene rings is 2. The molecule has 2 N–H and O–H groups in total. The lowest BCUT2D eigenvalue weighted by Gasteiger charge is -2.34. The largest absolute Gasteiger partial charge is 0.494 e. The maximum absolute atomic E-state index is 12.9. The Morgan fingerprint density at radius 2 is 0.780 bits per heavy atom. The zero-order valence-electron chi connectivity index (χ0n) is 32.7. The van der Waals surface area contributed by atoms with E-state index < -0.39 is 0 Å². The number of anilines is 2. The van der Waals surface area contributed by atoms with Crippen LogP contribution >= 0.6 is 0 Å². The first-order valence-corrected chi connectivity index (χ1v) is 19.7. The fourth-order valence-electron chi connectivity index (χ4n) is 6.00. The number of hydrogen-bond donors (Lipinski definition) is 2. The molecule has 0 aliphatic heterocycles. The Balaban J connectivity index is 1.63. The van der Waals surface area contributed by atoms with Gasteiger partial charge in [0.2, 0.25) is 0 Å². The van der Waals surface area contributed by atoms with Crippen molar-refractivity contribution in [2.45, 2.75) is 117 Å². The highest BCUT2D eigenvalue weighted by atomic mass is 16.5. The van der Waals surface area contributed by atoms with Gasteiger partial charge in [0, 0.05) is 11.4 Å². The van der Waals surface area contributed by atoms with Crippen molar-refractivity contribution in [2.75, 3.05) is 78.2 Å². The number of quaternary nitrogens is 2. The third-order valence-corrected chi connectivity index (χ3v) is 9.26. The number of ether oxygens (including phenoxy) is 2. The van der Waals surface area contributed by atoms with Gasteiger partial charge in [-0.05, 0) is 61.4 Å². The van der Waals surface area contributed by atoms with Crippen LogP contribution in [0.25, 0.3) is 0 Å². The molecule has 0 radical (unpaired) electrons. The number of amides is 2. The lowest BCUT2D eigenvalue weighted by Crippen LogP contribution is -2.54. The summed E-state index contributed by atoms with van der Waals surface area (Å²) in [6, 6.07) is 15.3. The van der Waals surface area contributed by atoms with Gasteiger partial charge in [-0.25, -0.2) is 0 Å². The Morgan fingerprint density at radius 3 is 1.10 bits per heavy atom. The molecule has 0 aromatic heterocycles. The van der Waals surface area contributed by atoms with E-state index in [2.05, 4.69) is 52.7 Å². The summed E-state index contributed by atoms with van der Waals surface area (Å²) in [5.41, 5.74) is 1.54. The van der Waals surface area contributed by atoms with Gasteiger partial charge < -0.3 is 29.1 Å². The summed E-state index contributed by atoms with van der Waals surface area (Å²) < 4.78 is 12.9. The molecule has 0 aliphatic rings. The summed E-state index contributed by atoms with van der Waals surface area (Å²) >= 11 is 0. The van der Waals surface area contributed by atoms with E-state index in [1.807, 2.05) is 48.5 Å². The molecular formula is C42H72N4O4+2. The highest BCUT2D eigenvalue weighted by Crippen LogP contribution is 2.19.